The fraction of sp³-hybridized carbons (Fsp3) is 0.409. The lowest BCUT2D eigenvalue weighted by Crippen LogP contribution is -2.35. The number of rotatable bonds is 2. The number of methoxy groups -OCH3 is 1. The zero-order valence-electron chi connectivity index (χ0n) is 14.9. The van der Waals surface area contributed by atoms with Crippen LogP contribution in [-0.4, -0.2) is 17.3 Å². The van der Waals surface area contributed by atoms with Crippen LogP contribution in [0, 0.1) is 17.8 Å². The van der Waals surface area contributed by atoms with Gasteiger partial charge in [0, 0.05) is 11.1 Å². The first kappa shape index (κ1) is 14.7. The van der Waals surface area contributed by atoms with Gasteiger partial charge in [0.1, 0.15) is 5.75 Å². The molecule has 2 aromatic carbocycles. The Bertz CT molecular complexity index is 977. The van der Waals surface area contributed by atoms with Crippen molar-refractivity contribution in [2.75, 3.05) is 12.4 Å². The Morgan fingerprint density at radius 3 is 2.73 bits per heavy atom. The minimum atomic E-state index is 0.387. The average Bonchev–Trinajstić information content (AvgIpc) is 3.42. The van der Waals surface area contributed by atoms with Gasteiger partial charge in [-0.25, -0.2) is 0 Å². The standard InChI is InChI=1S/C22H23N3O/c1-26-15-6-4-12(5-7-15)22-20-14-3-2-13(10-14)19(20)21-16-11-23-25-17(16)8-9-18(21)24-22/h4-9,11,13-14,19-20,22,24H,2-3,10H2,1H3,(H,23,25)/t13?,14?,19-,20+,22?/m0/s1. The maximum Gasteiger partial charge on any atom is 0.118 e. The van der Waals surface area contributed by atoms with Crippen molar-refractivity contribution in [1.82, 2.24) is 10.2 Å². The fourth-order valence-electron chi connectivity index (χ4n) is 6.15. The zero-order valence-corrected chi connectivity index (χ0v) is 14.9. The molecular weight excluding hydrogens is 322 g/mol. The lowest BCUT2D eigenvalue weighted by atomic mass is 9.67. The largest absolute Gasteiger partial charge is 0.497 e. The molecule has 3 unspecified atom stereocenters. The molecule has 1 aliphatic heterocycles. The number of anilines is 1. The van der Waals surface area contributed by atoms with Gasteiger partial charge in [0.05, 0.1) is 24.9 Å². The van der Waals surface area contributed by atoms with Gasteiger partial charge >= 0.3 is 0 Å². The molecule has 2 aliphatic carbocycles. The minimum absolute atomic E-state index is 0.387. The van der Waals surface area contributed by atoms with E-state index in [1.54, 1.807) is 7.11 Å². The predicted octanol–water partition coefficient (Wildman–Crippen LogP) is 4.87. The van der Waals surface area contributed by atoms with E-state index in [1.807, 2.05) is 6.20 Å². The molecule has 2 bridgehead atoms. The van der Waals surface area contributed by atoms with Crippen LogP contribution in [0.3, 0.4) is 0 Å². The van der Waals surface area contributed by atoms with Crippen LogP contribution in [0.1, 0.15) is 42.3 Å². The van der Waals surface area contributed by atoms with Gasteiger partial charge in [-0.3, -0.25) is 5.10 Å². The Morgan fingerprint density at radius 2 is 1.88 bits per heavy atom. The molecule has 2 heterocycles. The summed E-state index contributed by atoms with van der Waals surface area (Å²) in [6.07, 6.45) is 6.18. The molecule has 2 N–H and O–H groups in total. The van der Waals surface area contributed by atoms with Crippen molar-refractivity contribution < 1.29 is 4.74 Å². The molecular formula is C22H23N3O. The molecule has 4 heteroatoms. The molecule has 3 aliphatic rings. The predicted molar refractivity (Wildman–Crippen MR) is 103 cm³/mol. The molecule has 1 aromatic heterocycles. The van der Waals surface area contributed by atoms with Crippen LogP contribution in [0.4, 0.5) is 5.69 Å². The summed E-state index contributed by atoms with van der Waals surface area (Å²) in [6.45, 7) is 0. The number of H-pyrrole nitrogens is 1. The Kier molecular flexibility index (Phi) is 2.96. The van der Waals surface area contributed by atoms with Crippen LogP contribution >= 0.6 is 0 Å². The maximum atomic E-state index is 5.36. The molecule has 5 atom stereocenters. The number of ether oxygens (including phenoxy) is 1. The van der Waals surface area contributed by atoms with Gasteiger partial charge in [-0.15, -0.1) is 0 Å². The summed E-state index contributed by atoms with van der Waals surface area (Å²) in [5, 5.41) is 12.7. The van der Waals surface area contributed by atoms with E-state index in [0.29, 0.717) is 17.9 Å². The summed E-state index contributed by atoms with van der Waals surface area (Å²) in [4.78, 5) is 0. The van der Waals surface area contributed by atoms with Gasteiger partial charge in [0.25, 0.3) is 0 Å². The van der Waals surface area contributed by atoms with Crippen LogP contribution in [0.25, 0.3) is 10.9 Å². The van der Waals surface area contributed by atoms with Crippen LogP contribution in [0.5, 0.6) is 5.75 Å². The smallest absolute Gasteiger partial charge is 0.118 e. The van der Waals surface area contributed by atoms with E-state index in [9.17, 15) is 0 Å². The van der Waals surface area contributed by atoms with E-state index in [4.69, 9.17) is 4.74 Å². The highest BCUT2D eigenvalue weighted by Crippen LogP contribution is 2.64. The number of aromatic amines is 1. The number of nitrogens with zero attached hydrogens (tertiary/aromatic N) is 1. The quantitative estimate of drug-likeness (QED) is 0.697. The first-order valence-electron chi connectivity index (χ1n) is 9.70. The van der Waals surface area contributed by atoms with E-state index in [1.165, 1.54) is 41.5 Å². The number of hydrogen-bond donors (Lipinski definition) is 2. The number of nitrogens with one attached hydrogen (secondary N) is 2. The third kappa shape index (κ3) is 1.87. The summed E-state index contributed by atoms with van der Waals surface area (Å²) in [5.41, 5.74) is 5.35. The minimum Gasteiger partial charge on any atom is -0.497 e. The molecule has 2 saturated carbocycles. The van der Waals surface area contributed by atoms with Crippen LogP contribution in [0.15, 0.2) is 42.6 Å². The van der Waals surface area contributed by atoms with Gasteiger partial charge in [0.15, 0.2) is 0 Å². The Hall–Kier alpha value is -2.49. The summed E-state index contributed by atoms with van der Waals surface area (Å²) in [6, 6.07) is 13.4. The van der Waals surface area contributed by atoms with Crippen LogP contribution < -0.4 is 10.1 Å². The highest BCUT2D eigenvalue weighted by atomic mass is 16.5. The van der Waals surface area contributed by atoms with Crippen LogP contribution in [-0.2, 0) is 0 Å². The second-order valence-corrected chi connectivity index (χ2v) is 8.19. The second-order valence-electron chi connectivity index (χ2n) is 8.19. The average molecular weight is 345 g/mol. The maximum absolute atomic E-state index is 5.36. The molecule has 2 fully saturated rings. The molecule has 0 radical (unpaired) electrons. The highest BCUT2D eigenvalue weighted by molar-refractivity contribution is 5.88. The summed E-state index contributed by atoms with van der Waals surface area (Å²) in [7, 11) is 1.73. The Labute approximate surface area is 152 Å². The zero-order chi connectivity index (χ0) is 17.3. The molecule has 6 rings (SSSR count). The lowest BCUT2D eigenvalue weighted by molar-refractivity contribution is 0.249. The molecule has 132 valence electrons. The number of benzene rings is 2. The SMILES string of the molecule is COc1ccc(C2Nc3ccc4[nH]ncc4c3[C@H]3C4CCC(C4)[C@@H]23)cc1. The Morgan fingerprint density at radius 1 is 1.04 bits per heavy atom. The highest BCUT2D eigenvalue weighted by Gasteiger charge is 2.54. The topological polar surface area (TPSA) is 49.9 Å². The molecule has 3 aromatic rings. The third-order valence-electron chi connectivity index (χ3n) is 7.15. The van der Waals surface area contributed by atoms with Crippen molar-refractivity contribution in [1.29, 1.82) is 0 Å². The van der Waals surface area contributed by atoms with Gasteiger partial charge in [0.2, 0.25) is 0 Å². The molecule has 4 nitrogen and oxygen atoms in total. The summed E-state index contributed by atoms with van der Waals surface area (Å²) in [5.74, 6) is 3.91. The lowest BCUT2D eigenvalue weighted by Gasteiger charge is -2.43. The van der Waals surface area contributed by atoms with Gasteiger partial charge in [-0.05, 0) is 78.3 Å². The van der Waals surface area contributed by atoms with Crippen molar-refractivity contribution in [2.24, 2.45) is 17.8 Å². The van der Waals surface area contributed by atoms with E-state index >= 15 is 0 Å². The van der Waals surface area contributed by atoms with Gasteiger partial charge in [-0.1, -0.05) is 12.1 Å². The van der Waals surface area contributed by atoms with Gasteiger partial charge in [-0.2, -0.15) is 5.10 Å². The summed E-state index contributed by atoms with van der Waals surface area (Å²) >= 11 is 0. The fourth-order valence-corrected chi connectivity index (χ4v) is 6.15. The van der Waals surface area contributed by atoms with E-state index in [0.717, 1.165) is 23.1 Å². The van der Waals surface area contributed by atoms with E-state index < -0.39 is 0 Å². The van der Waals surface area contributed by atoms with Crippen molar-refractivity contribution in [3.63, 3.8) is 0 Å². The van der Waals surface area contributed by atoms with Crippen molar-refractivity contribution >= 4 is 16.6 Å². The second kappa shape index (κ2) is 5.26. The van der Waals surface area contributed by atoms with E-state index in [2.05, 4.69) is 51.9 Å². The van der Waals surface area contributed by atoms with Crippen molar-refractivity contribution in [2.45, 2.75) is 31.2 Å². The Balaban J connectivity index is 1.52. The summed E-state index contributed by atoms with van der Waals surface area (Å²) < 4.78 is 5.36. The van der Waals surface area contributed by atoms with E-state index in [-0.39, 0.29) is 0 Å². The first-order chi connectivity index (χ1) is 12.8. The van der Waals surface area contributed by atoms with Crippen molar-refractivity contribution in [3.8, 4) is 5.75 Å². The molecule has 0 amide bonds. The molecule has 26 heavy (non-hydrogen) atoms. The van der Waals surface area contributed by atoms with Gasteiger partial charge < -0.3 is 10.1 Å². The molecule has 0 spiro atoms. The normalized spacial score (nSPS) is 31.5. The first-order valence-corrected chi connectivity index (χ1v) is 9.70. The number of fused-ring (bicyclic) bond motifs is 9. The monoisotopic (exact) mass is 345 g/mol. The third-order valence-corrected chi connectivity index (χ3v) is 7.15. The van der Waals surface area contributed by atoms with Crippen LogP contribution in [0.2, 0.25) is 0 Å². The number of aromatic nitrogens is 2. The molecule has 0 saturated heterocycles. The number of hydrogen-bond acceptors (Lipinski definition) is 3. The van der Waals surface area contributed by atoms with Crippen molar-refractivity contribution in [3.05, 3.63) is 53.7 Å².